The number of rotatable bonds is 1. The lowest BCUT2D eigenvalue weighted by atomic mass is 9.73. The predicted octanol–water partition coefficient (Wildman–Crippen LogP) is 2.96. The molecule has 0 aliphatic heterocycles. The molecule has 1 aliphatic carbocycles. The fourth-order valence-corrected chi connectivity index (χ4v) is 1.80. The molecule has 0 radical (unpaired) electrons. The predicted molar refractivity (Wildman–Crippen MR) is 51.1 cm³/mol. The minimum Gasteiger partial charge on any atom is -0.321 e. The maximum absolute atomic E-state index is 13.1. The van der Waals surface area contributed by atoms with Crippen molar-refractivity contribution in [1.82, 2.24) is 0 Å². The average Bonchev–Trinajstić information content (AvgIpc) is 2.09. The van der Waals surface area contributed by atoms with E-state index in [-0.39, 0.29) is 0 Å². The molecule has 0 unspecified atom stereocenters. The standard InChI is InChI=1S/C10H10ClF2N/c11-9-7(12)4-6(5-8(9)13)10(14)2-1-3-10/h4-5H,1-3,14H2. The second-order valence-corrected chi connectivity index (χ2v) is 4.14. The maximum Gasteiger partial charge on any atom is 0.145 e. The normalized spacial score (nSPS) is 19.1. The number of nitrogens with two attached hydrogens (primary N) is 1. The maximum atomic E-state index is 13.1. The molecule has 4 heteroatoms. The second kappa shape index (κ2) is 3.17. The van der Waals surface area contributed by atoms with Crippen molar-refractivity contribution in [2.75, 3.05) is 0 Å². The van der Waals surface area contributed by atoms with Crippen molar-refractivity contribution in [2.45, 2.75) is 24.8 Å². The summed E-state index contributed by atoms with van der Waals surface area (Å²) < 4.78 is 26.2. The van der Waals surface area contributed by atoms with Crippen molar-refractivity contribution in [2.24, 2.45) is 5.73 Å². The van der Waals surface area contributed by atoms with Crippen LogP contribution < -0.4 is 5.73 Å². The molecule has 1 fully saturated rings. The van der Waals surface area contributed by atoms with E-state index >= 15 is 0 Å². The first-order chi connectivity index (χ1) is 6.53. The first-order valence-electron chi connectivity index (χ1n) is 4.47. The van der Waals surface area contributed by atoms with Crippen LogP contribution in [0.2, 0.25) is 5.02 Å². The number of benzene rings is 1. The Bertz CT molecular complexity index is 351. The lowest BCUT2D eigenvalue weighted by molar-refractivity contribution is 0.252. The summed E-state index contributed by atoms with van der Waals surface area (Å²) in [5.41, 5.74) is 5.89. The Hall–Kier alpha value is -0.670. The Kier molecular flexibility index (Phi) is 2.24. The molecular formula is C10H10ClF2N. The van der Waals surface area contributed by atoms with E-state index < -0.39 is 22.2 Å². The molecule has 0 spiro atoms. The summed E-state index contributed by atoms with van der Waals surface area (Å²) in [6.07, 6.45) is 2.55. The van der Waals surface area contributed by atoms with Crippen molar-refractivity contribution in [3.05, 3.63) is 34.4 Å². The van der Waals surface area contributed by atoms with Gasteiger partial charge in [0.15, 0.2) is 0 Å². The number of hydrogen-bond acceptors (Lipinski definition) is 1. The van der Waals surface area contributed by atoms with Gasteiger partial charge >= 0.3 is 0 Å². The van der Waals surface area contributed by atoms with Gasteiger partial charge in [0.2, 0.25) is 0 Å². The van der Waals surface area contributed by atoms with Gasteiger partial charge in [-0.05, 0) is 37.0 Å². The Labute approximate surface area is 85.9 Å². The lowest BCUT2D eigenvalue weighted by Crippen LogP contribution is -2.43. The highest BCUT2D eigenvalue weighted by Gasteiger charge is 2.35. The molecule has 1 aromatic rings. The summed E-state index contributed by atoms with van der Waals surface area (Å²) >= 11 is 5.37. The van der Waals surface area contributed by atoms with Gasteiger partial charge in [-0.1, -0.05) is 11.6 Å². The molecular weight excluding hydrogens is 208 g/mol. The van der Waals surface area contributed by atoms with E-state index in [0.717, 1.165) is 19.3 Å². The van der Waals surface area contributed by atoms with Crippen LogP contribution in [0.4, 0.5) is 8.78 Å². The molecule has 1 aliphatic rings. The van der Waals surface area contributed by atoms with Crippen LogP contribution >= 0.6 is 11.6 Å². The highest BCUT2D eigenvalue weighted by Crippen LogP contribution is 2.39. The smallest absolute Gasteiger partial charge is 0.145 e. The third-order valence-corrected chi connectivity index (χ3v) is 3.17. The molecule has 2 N–H and O–H groups in total. The van der Waals surface area contributed by atoms with E-state index in [0.29, 0.717) is 5.56 Å². The number of halogens is 3. The largest absolute Gasteiger partial charge is 0.321 e. The Balaban J connectivity index is 2.45. The lowest BCUT2D eigenvalue weighted by Gasteiger charge is -2.38. The molecule has 1 saturated carbocycles. The van der Waals surface area contributed by atoms with E-state index in [1.807, 2.05) is 0 Å². The van der Waals surface area contributed by atoms with Crippen LogP contribution in [-0.4, -0.2) is 0 Å². The van der Waals surface area contributed by atoms with Gasteiger partial charge in [-0.15, -0.1) is 0 Å². The van der Waals surface area contributed by atoms with E-state index in [9.17, 15) is 8.78 Å². The molecule has 0 saturated heterocycles. The van der Waals surface area contributed by atoms with Gasteiger partial charge in [0.05, 0.1) is 0 Å². The third-order valence-electron chi connectivity index (χ3n) is 2.80. The summed E-state index contributed by atoms with van der Waals surface area (Å²) in [5, 5.41) is -0.461. The van der Waals surface area contributed by atoms with Crippen molar-refractivity contribution in [1.29, 1.82) is 0 Å². The monoisotopic (exact) mass is 217 g/mol. The van der Waals surface area contributed by atoms with Crippen LogP contribution in [0.3, 0.4) is 0 Å². The zero-order valence-electron chi connectivity index (χ0n) is 7.49. The number of hydrogen-bond donors (Lipinski definition) is 1. The summed E-state index contributed by atoms with van der Waals surface area (Å²) in [4.78, 5) is 0. The van der Waals surface area contributed by atoms with E-state index in [1.165, 1.54) is 12.1 Å². The van der Waals surface area contributed by atoms with Crippen molar-refractivity contribution in [3.63, 3.8) is 0 Å². The van der Waals surface area contributed by atoms with Crippen LogP contribution in [0.15, 0.2) is 12.1 Å². The Morgan fingerprint density at radius 2 is 1.71 bits per heavy atom. The molecule has 1 aromatic carbocycles. The van der Waals surface area contributed by atoms with E-state index in [2.05, 4.69) is 0 Å². The molecule has 0 bridgehead atoms. The average molecular weight is 218 g/mol. The fourth-order valence-electron chi connectivity index (χ4n) is 1.69. The van der Waals surface area contributed by atoms with Gasteiger partial charge in [-0.3, -0.25) is 0 Å². The van der Waals surface area contributed by atoms with Crippen LogP contribution in [0.5, 0.6) is 0 Å². The van der Waals surface area contributed by atoms with Gasteiger partial charge in [-0.2, -0.15) is 0 Å². The SMILES string of the molecule is NC1(c2cc(F)c(Cl)c(F)c2)CCC1. The van der Waals surface area contributed by atoms with Gasteiger partial charge in [-0.25, -0.2) is 8.78 Å². The van der Waals surface area contributed by atoms with Crippen molar-refractivity contribution >= 4 is 11.6 Å². The quantitative estimate of drug-likeness (QED) is 0.720. The molecule has 14 heavy (non-hydrogen) atoms. The van der Waals surface area contributed by atoms with E-state index in [1.54, 1.807) is 0 Å². The van der Waals surface area contributed by atoms with Crippen LogP contribution in [0.25, 0.3) is 0 Å². The van der Waals surface area contributed by atoms with E-state index in [4.69, 9.17) is 17.3 Å². The first kappa shape index (κ1) is 9.87. The van der Waals surface area contributed by atoms with Crippen molar-refractivity contribution < 1.29 is 8.78 Å². The molecule has 0 atom stereocenters. The zero-order valence-corrected chi connectivity index (χ0v) is 8.24. The summed E-state index contributed by atoms with van der Waals surface area (Å²) in [5.74, 6) is -1.48. The molecule has 2 rings (SSSR count). The van der Waals surface area contributed by atoms with Crippen molar-refractivity contribution in [3.8, 4) is 0 Å². The van der Waals surface area contributed by atoms with Gasteiger partial charge in [0.25, 0.3) is 0 Å². The minimum atomic E-state index is -0.738. The van der Waals surface area contributed by atoms with Gasteiger partial charge in [0.1, 0.15) is 16.7 Å². The van der Waals surface area contributed by atoms with Crippen LogP contribution in [0, 0.1) is 11.6 Å². The summed E-state index contributed by atoms with van der Waals surface area (Å²) in [7, 11) is 0. The minimum absolute atomic E-state index is 0.461. The molecule has 0 heterocycles. The highest BCUT2D eigenvalue weighted by molar-refractivity contribution is 6.30. The van der Waals surface area contributed by atoms with Crippen LogP contribution in [-0.2, 0) is 5.54 Å². The molecule has 76 valence electrons. The topological polar surface area (TPSA) is 26.0 Å². The molecule has 0 aromatic heterocycles. The second-order valence-electron chi connectivity index (χ2n) is 3.76. The molecule has 0 amide bonds. The van der Waals surface area contributed by atoms with Crippen LogP contribution in [0.1, 0.15) is 24.8 Å². The zero-order chi connectivity index (χ0) is 10.3. The van der Waals surface area contributed by atoms with Gasteiger partial charge in [0, 0.05) is 5.54 Å². The summed E-state index contributed by atoms with van der Waals surface area (Å²) in [6.45, 7) is 0. The summed E-state index contributed by atoms with van der Waals surface area (Å²) in [6, 6.07) is 2.45. The highest BCUT2D eigenvalue weighted by atomic mass is 35.5. The van der Waals surface area contributed by atoms with Gasteiger partial charge < -0.3 is 5.73 Å². The Morgan fingerprint density at radius 1 is 1.21 bits per heavy atom. The Morgan fingerprint density at radius 3 is 2.07 bits per heavy atom. The third kappa shape index (κ3) is 1.41. The fraction of sp³-hybridized carbons (Fsp3) is 0.400. The molecule has 1 nitrogen and oxygen atoms in total. The first-order valence-corrected chi connectivity index (χ1v) is 4.85.